The molecule has 0 radical (unpaired) electrons. The Labute approximate surface area is 110 Å². The minimum Gasteiger partial charge on any atom is -0.391 e. The van der Waals surface area contributed by atoms with Gasteiger partial charge in [0.25, 0.3) is 0 Å². The Hall–Kier alpha value is -1.12. The Morgan fingerprint density at radius 2 is 1.78 bits per heavy atom. The Kier molecular flexibility index (Phi) is 4.97. The summed E-state index contributed by atoms with van der Waals surface area (Å²) in [6.07, 6.45) is 8.08. The van der Waals surface area contributed by atoms with Crippen molar-refractivity contribution in [2.75, 3.05) is 0 Å². The molecule has 0 fully saturated rings. The smallest absolute Gasteiger partial charge is 0.0696 e. The van der Waals surface area contributed by atoms with Crippen molar-refractivity contribution >= 4 is 0 Å². The maximum Gasteiger partial charge on any atom is 0.0696 e. The number of benzene rings is 1. The van der Waals surface area contributed by atoms with Crippen LogP contribution in [0.1, 0.15) is 44.2 Å². The molecule has 3 atom stereocenters. The fourth-order valence-electron chi connectivity index (χ4n) is 2.53. The molecule has 2 heteroatoms. The third-order valence-electron chi connectivity index (χ3n) is 3.67. The summed E-state index contributed by atoms with van der Waals surface area (Å²) >= 11 is 0. The van der Waals surface area contributed by atoms with Crippen LogP contribution >= 0.6 is 0 Å². The standard InChI is InChI=1S/C16H23NO/c1-13(14-9-5-4-6-10-14)17-15-11-7-2-3-8-12-16(15)18/h2-6,9-10,13,15-18H,7-8,11-12H2,1H3/b3-2-/t13-,15?,16?/m1/s1. The van der Waals surface area contributed by atoms with Gasteiger partial charge in [0, 0.05) is 12.1 Å². The third kappa shape index (κ3) is 3.69. The molecule has 1 aromatic carbocycles. The highest BCUT2D eigenvalue weighted by Gasteiger charge is 2.21. The van der Waals surface area contributed by atoms with Crippen LogP contribution < -0.4 is 5.32 Å². The second-order valence-electron chi connectivity index (χ2n) is 5.10. The van der Waals surface area contributed by atoms with Crippen LogP contribution in [0, 0.1) is 0 Å². The summed E-state index contributed by atoms with van der Waals surface area (Å²) in [5.74, 6) is 0. The van der Waals surface area contributed by atoms with Gasteiger partial charge in [0.2, 0.25) is 0 Å². The van der Waals surface area contributed by atoms with E-state index in [9.17, 15) is 5.11 Å². The lowest BCUT2D eigenvalue weighted by atomic mass is 9.96. The van der Waals surface area contributed by atoms with Gasteiger partial charge in [-0.05, 0) is 38.2 Å². The van der Waals surface area contributed by atoms with Gasteiger partial charge in [0.15, 0.2) is 0 Å². The molecule has 1 aromatic rings. The predicted octanol–water partition coefficient (Wildman–Crippen LogP) is 3.20. The largest absolute Gasteiger partial charge is 0.391 e. The van der Waals surface area contributed by atoms with E-state index in [4.69, 9.17) is 0 Å². The molecule has 1 aliphatic carbocycles. The van der Waals surface area contributed by atoms with E-state index < -0.39 is 0 Å². The fraction of sp³-hybridized carbons (Fsp3) is 0.500. The summed E-state index contributed by atoms with van der Waals surface area (Å²) in [5, 5.41) is 13.7. The Morgan fingerprint density at radius 1 is 1.11 bits per heavy atom. The summed E-state index contributed by atoms with van der Waals surface area (Å²) < 4.78 is 0. The number of aliphatic hydroxyl groups is 1. The number of rotatable bonds is 3. The van der Waals surface area contributed by atoms with E-state index in [1.165, 1.54) is 5.56 Å². The van der Waals surface area contributed by atoms with Crippen LogP contribution in [0.2, 0.25) is 0 Å². The highest BCUT2D eigenvalue weighted by Crippen LogP contribution is 2.18. The lowest BCUT2D eigenvalue weighted by Crippen LogP contribution is -2.41. The summed E-state index contributed by atoms with van der Waals surface area (Å²) in [6, 6.07) is 10.9. The molecule has 0 aliphatic heterocycles. The number of nitrogens with one attached hydrogen (secondary N) is 1. The molecule has 0 heterocycles. The van der Waals surface area contributed by atoms with Crippen LogP contribution in [0.15, 0.2) is 42.5 Å². The number of aliphatic hydroxyl groups excluding tert-OH is 1. The molecule has 2 nitrogen and oxygen atoms in total. The average molecular weight is 245 g/mol. The first kappa shape index (κ1) is 13.3. The van der Waals surface area contributed by atoms with E-state index in [0.717, 1.165) is 25.7 Å². The zero-order valence-corrected chi connectivity index (χ0v) is 11.0. The summed E-state index contributed by atoms with van der Waals surface area (Å²) in [6.45, 7) is 2.16. The maximum atomic E-state index is 10.2. The fourth-order valence-corrected chi connectivity index (χ4v) is 2.53. The molecular weight excluding hydrogens is 222 g/mol. The van der Waals surface area contributed by atoms with Crippen molar-refractivity contribution in [3.8, 4) is 0 Å². The number of hydrogen-bond acceptors (Lipinski definition) is 2. The van der Waals surface area contributed by atoms with Gasteiger partial charge in [0.1, 0.15) is 0 Å². The first-order valence-corrected chi connectivity index (χ1v) is 6.91. The molecule has 2 unspecified atom stereocenters. The summed E-state index contributed by atoms with van der Waals surface area (Å²) in [5.41, 5.74) is 1.28. The second kappa shape index (κ2) is 6.72. The normalized spacial score (nSPS) is 28.1. The van der Waals surface area contributed by atoms with Crippen LogP contribution in [-0.4, -0.2) is 17.3 Å². The van der Waals surface area contributed by atoms with E-state index in [2.05, 4.69) is 48.7 Å². The molecular formula is C16H23NO. The van der Waals surface area contributed by atoms with E-state index in [0.29, 0.717) is 0 Å². The van der Waals surface area contributed by atoms with Crippen molar-refractivity contribution in [3.05, 3.63) is 48.0 Å². The van der Waals surface area contributed by atoms with Gasteiger partial charge in [-0.3, -0.25) is 0 Å². The number of hydrogen-bond donors (Lipinski definition) is 2. The van der Waals surface area contributed by atoms with Crippen molar-refractivity contribution in [3.63, 3.8) is 0 Å². The molecule has 0 amide bonds. The average Bonchev–Trinajstić information content (AvgIpc) is 2.39. The Bertz CT molecular complexity index is 374. The van der Waals surface area contributed by atoms with Crippen LogP contribution in [-0.2, 0) is 0 Å². The number of allylic oxidation sites excluding steroid dienone is 2. The molecule has 0 spiro atoms. The molecule has 0 saturated heterocycles. The van der Waals surface area contributed by atoms with Gasteiger partial charge >= 0.3 is 0 Å². The summed E-state index contributed by atoms with van der Waals surface area (Å²) in [7, 11) is 0. The van der Waals surface area contributed by atoms with Gasteiger partial charge in [-0.25, -0.2) is 0 Å². The van der Waals surface area contributed by atoms with Crippen molar-refractivity contribution in [2.45, 2.75) is 50.8 Å². The van der Waals surface area contributed by atoms with Crippen molar-refractivity contribution < 1.29 is 5.11 Å². The molecule has 1 aliphatic rings. The summed E-state index contributed by atoms with van der Waals surface area (Å²) in [4.78, 5) is 0. The molecule has 0 aromatic heterocycles. The zero-order valence-electron chi connectivity index (χ0n) is 11.0. The van der Waals surface area contributed by atoms with E-state index in [1.54, 1.807) is 0 Å². The van der Waals surface area contributed by atoms with E-state index in [1.807, 2.05) is 6.07 Å². The molecule has 18 heavy (non-hydrogen) atoms. The quantitative estimate of drug-likeness (QED) is 0.802. The second-order valence-corrected chi connectivity index (χ2v) is 5.10. The van der Waals surface area contributed by atoms with Gasteiger partial charge in [-0.2, -0.15) is 0 Å². The first-order valence-electron chi connectivity index (χ1n) is 6.91. The highest BCUT2D eigenvalue weighted by atomic mass is 16.3. The van der Waals surface area contributed by atoms with Crippen LogP contribution in [0.25, 0.3) is 0 Å². The lowest BCUT2D eigenvalue weighted by molar-refractivity contribution is 0.108. The Balaban J connectivity index is 1.96. The van der Waals surface area contributed by atoms with Crippen molar-refractivity contribution in [1.29, 1.82) is 0 Å². The SMILES string of the molecule is C[C@@H](NC1CC/C=C\CCC1O)c1ccccc1. The molecule has 0 bridgehead atoms. The molecule has 0 saturated carbocycles. The monoisotopic (exact) mass is 245 g/mol. The van der Waals surface area contributed by atoms with E-state index in [-0.39, 0.29) is 18.2 Å². The predicted molar refractivity (Wildman–Crippen MR) is 75.4 cm³/mol. The van der Waals surface area contributed by atoms with Gasteiger partial charge < -0.3 is 10.4 Å². The van der Waals surface area contributed by atoms with Crippen LogP contribution in [0.5, 0.6) is 0 Å². The Morgan fingerprint density at radius 3 is 2.50 bits per heavy atom. The maximum absolute atomic E-state index is 10.2. The zero-order chi connectivity index (χ0) is 12.8. The minimum atomic E-state index is -0.235. The molecule has 2 rings (SSSR count). The van der Waals surface area contributed by atoms with Crippen LogP contribution in [0.4, 0.5) is 0 Å². The molecule has 2 N–H and O–H groups in total. The minimum absolute atomic E-state index is 0.199. The van der Waals surface area contributed by atoms with E-state index >= 15 is 0 Å². The van der Waals surface area contributed by atoms with Gasteiger partial charge in [0.05, 0.1) is 6.10 Å². The van der Waals surface area contributed by atoms with Crippen LogP contribution in [0.3, 0.4) is 0 Å². The van der Waals surface area contributed by atoms with Crippen molar-refractivity contribution in [1.82, 2.24) is 5.32 Å². The lowest BCUT2D eigenvalue weighted by Gasteiger charge is -2.28. The first-order chi connectivity index (χ1) is 8.77. The topological polar surface area (TPSA) is 32.3 Å². The van der Waals surface area contributed by atoms with Crippen molar-refractivity contribution in [2.24, 2.45) is 0 Å². The highest BCUT2D eigenvalue weighted by molar-refractivity contribution is 5.18. The van der Waals surface area contributed by atoms with Gasteiger partial charge in [-0.15, -0.1) is 0 Å². The van der Waals surface area contributed by atoms with Gasteiger partial charge in [-0.1, -0.05) is 42.5 Å². The third-order valence-corrected chi connectivity index (χ3v) is 3.67. The molecule has 98 valence electrons.